The lowest BCUT2D eigenvalue weighted by Gasteiger charge is -2.37. The van der Waals surface area contributed by atoms with Crippen LogP contribution in [0.25, 0.3) is 0 Å². The highest BCUT2D eigenvalue weighted by Crippen LogP contribution is 2.34. The molecule has 0 heterocycles. The molecule has 2 atom stereocenters. The molecule has 0 saturated heterocycles. The van der Waals surface area contributed by atoms with Crippen molar-refractivity contribution in [1.29, 1.82) is 0 Å². The Hall–Kier alpha value is -1.55. The lowest BCUT2D eigenvalue weighted by molar-refractivity contribution is -0.00252. The third-order valence-corrected chi connectivity index (χ3v) is 3.55. The van der Waals surface area contributed by atoms with E-state index in [-0.39, 0.29) is 6.04 Å². The molecule has 0 aliphatic heterocycles. The summed E-state index contributed by atoms with van der Waals surface area (Å²) in [6.45, 7) is 5.51. The van der Waals surface area contributed by atoms with E-state index in [1.165, 1.54) is 10.5 Å². The SMILES string of the molecule is CN(C(=O)OC(C)(C)C)[C@H]1c2ccccc2CC[C@@H]1O. The van der Waals surface area contributed by atoms with E-state index in [4.69, 9.17) is 4.74 Å². The molecule has 4 heteroatoms. The molecule has 0 bridgehead atoms. The zero-order chi connectivity index (χ0) is 14.9. The Morgan fingerprint density at radius 1 is 1.35 bits per heavy atom. The van der Waals surface area contributed by atoms with E-state index >= 15 is 0 Å². The van der Waals surface area contributed by atoms with E-state index in [0.717, 1.165) is 12.0 Å². The number of hydrogen-bond donors (Lipinski definition) is 1. The number of aliphatic hydroxyl groups is 1. The van der Waals surface area contributed by atoms with Crippen molar-refractivity contribution in [3.8, 4) is 0 Å². The highest BCUT2D eigenvalue weighted by molar-refractivity contribution is 5.68. The summed E-state index contributed by atoms with van der Waals surface area (Å²) in [5.74, 6) is 0. The summed E-state index contributed by atoms with van der Waals surface area (Å²) in [7, 11) is 1.68. The predicted molar refractivity (Wildman–Crippen MR) is 77.5 cm³/mol. The fourth-order valence-electron chi connectivity index (χ4n) is 2.63. The van der Waals surface area contributed by atoms with Crippen LogP contribution in [0.3, 0.4) is 0 Å². The van der Waals surface area contributed by atoms with Crippen molar-refractivity contribution in [2.75, 3.05) is 7.05 Å². The van der Waals surface area contributed by atoms with Gasteiger partial charge in [0.2, 0.25) is 0 Å². The minimum atomic E-state index is -0.553. The van der Waals surface area contributed by atoms with Crippen LogP contribution in [-0.4, -0.2) is 34.9 Å². The van der Waals surface area contributed by atoms with E-state index in [1.807, 2.05) is 39.0 Å². The average Bonchev–Trinajstić information content (AvgIpc) is 2.36. The maximum absolute atomic E-state index is 12.2. The van der Waals surface area contributed by atoms with Gasteiger partial charge in [0.15, 0.2) is 0 Å². The third-order valence-electron chi connectivity index (χ3n) is 3.55. The van der Waals surface area contributed by atoms with Gasteiger partial charge in [-0.05, 0) is 44.7 Å². The maximum atomic E-state index is 12.2. The van der Waals surface area contributed by atoms with Crippen LogP contribution in [0.15, 0.2) is 24.3 Å². The molecule has 1 N–H and O–H groups in total. The van der Waals surface area contributed by atoms with Crippen molar-refractivity contribution in [3.63, 3.8) is 0 Å². The molecule has 1 aromatic carbocycles. The Balaban J connectivity index is 2.25. The van der Waals surface area contributed by atoms with Crippen LogP contribution in [0.5, 0.6) is 0 Å². The quantitative estimate of drug-likeness (QED) is 0.858. The van der Waals surface area contributed by atoms with E-state index in [1.54, 1.807) is 7.05 Å². The summed E-state index contributed by atoms with van der Waals surface area (Å²) in [5, 5.41) is 10.3. The lowest BCUT2D eigenvalue weighted by atomic mass is 9.85. The molecule has 0 spiro atoms. The topological polar surface area (TPSA) is 49.8 Å². The summed E-state index contributed by atoms with van der Waals surface area (Å²) in [4.78, 5) is 13.7. The van der Waals surface area contributed by atoms with Gasteiger partial charge in [-0.2, -0.15) is 0 Å². The van der Waals surface area contributed by atoms with Crippen molar-refractivity contribution in [2.45, 2.75) is 51.4 Å². The molecule has 0 saturated carbocycles. The van der Waals surface area contributed by atoms with Crippen molar-refractivity contribution in [2.24, 2.45) is 0 Å². The van der Waals surface area contributed by atoms with E-state index in [0.29, 0.717) is 6.42 Å². The van der Waals surface area contributed by atoms with Crippen molar-refractivity contribution in [3.05, 3.63) is 35.4 Å². The average molecular weight is 277 g/mol. The van der Waals surface area contributed by atoms with Crippen molar-refractivity contribution < 1.29 is 14.6 Å². The summed E-state index contributed by atoms with van der Waals surface area (Å²) < 4.78 is 5.39. The van der Waals surface area contributed by atoms with Crippen LogP contribution in [-0.2, 0) is 11.2 Å². The molecule has 1 amide bonds. The number of ether oxygens (including phenoxy) is 1. The molecular formula is C16H23NO3. The van der Waals surface area contributed by atoms with Gasteiger partial charge < -0.3 is 14.7 Å². The predicted octanol–water partition coefficient (Wildman–Crippen LogP) is 2.90. The summed E-state index contributed by atoms with van der Waals surface area (Å²) in [6.07, 6.45) is 0.547. The second kappa shape index (κ2) is 5.44. The Labute approximate surface area is 120 Å². The lowest BCUT2D eigenvalue weighted by Crippen LogP contribution is -2.43. The van der Waals surface area contributed by atoms with E-state index in [9.17, 15) is 9.90 Å². The first-order chi connectivity index (χ1) is 9.29. The van der Waals surface area contributed by atoms with Gasteiger partial charge in [-0.25, -0.2) is 4.79 Å². The largest absolute Gasteiger partial charge is 0.444 e. The number of benzene rings is 1. The van der Waals surface area contributed by atoms with Gasteiger partial charge in [-0.3, -0.25) is 0 Å². The van der Waals surface area contributed by atoms with Crippen LogP contribution in [0.2, 0.25) is 0 Å². The maximum Gasteiger partial charge on any atom is 0.410 e. The fraction of sp³-hybridized carbons (Fsp3) is 0.562. The minimum absolute atomic E-state index is 0.338. The molecule has 0 aromatic heterocycles. The molecule has 1 aromatic rings. The molecule has 20 heavy (non-hydrogen) atoms. The first-order valence-electron chi connectivity index (χ1n) is 7.01. The van der Waals surface area contributed by atoms with Gasteiger partial charge in [0, 0.05) is 7.05 Å². The molecular weight excluding hydrogens is 254 g/mol. The standard InChI is InChI=1S/C16H23NO3/c1-16(2,3)20-15(19)17(4)14-12-8-6-5-7-11(12)9-10-13(14)18/h5-8,13-14,18H,9-10H2,1-4H3/t13-,14-/m0/s1. The Kier molecular flexibility index (Phi) is 4.04. The summed E-state index contributed by atoms with van der Waals surface area (Å²) in [6, 6.07) is 7.61. The van der Waals surface area contributed by atoms with Gasteiger partial charge >= 0.3 is 6.09 Å². The normalized spacial score (nSPS) is 22.1. The molecule has 2 rings (SSSR count). The zero-order valence-electron chi connectivity index (χ0n) is 12.6. The van der Waals surface area contributed by atoms with Gasteiger partial charge in [-0.1, -0.05) is 24.3 Å². The molecule has 110 valence electrons. The van der Waals surface area contributed by atoms with Gasteiger partial charge in [0.25, 0.3) is 0 Å². The number of carbonyl (C=O) groups is 1. The number of rotatable bonds is 1. The number of carbonyl (C=O) groups excluding carboxylic acids is 1. The second-order valence-corrected chi connectivity index (χ2v) is 6.34. The Bertz CT molecular complexity index is 493. The number of hydrogen-bond acceptors (Lipinski definition) is 3. The number of amides is 1. The summed E-state index contributed by atoms with van der Waals surface area (Å²) >= 11 is 0. The molecule has 1 aliphatic rings. The smallest absolute Gasteiger partial charge is 0.410 e. The summed E-state index contributed by atoms with van der Waals surface area (Å²) in [5.41, 5.74) is 1.67. The van der Waals surface area contributed by atoms with Crippen LogP contribution in [0.4, 0.5) is 4.79 Å². The molecule has 0 radical (unpaired) electrons. The monoisotopic (exact) mass is 277 g/mol. The Morgan fingerprint density at radius 3 is 2.65 bits per heavy atom. The number of fused-ring (bicyclic) bond motifs is 1. The number of aliphatic hydroxyl groups excluding tert-OH is 1. The number of nitrogens with zero attached hydrogens (tertiary/aromatic N) is 1. The first-order valence-corrected chi connectivity index (χ1v) is 7.01. The number of likely N-dealkylation sites (N-methyl/N-ethyl adjacent to an activating group) is 1. The first kappa shape index (κ1) is 14.9. The second-order valence-electron chi connectivity index (χ2n) is 6.34. The van der Waals surface area contributed by atoms with Crippen molar-refractivity contribution in [1.82, 2.24) is 4.90 Å². The van der Waals surface area contributed by atoms with E-state index in [2.05, 4.69) is 6.07 Å². The molecule has 4 nitrogen and oxygen atoms in total. The Morgan fingerprint density at radius 2 is 2.00 bits per heavy atom. The van der Waals surface area contributed by atoms with Crippen LogP contribution < -0.4 is 0 Å². The molecule has 0 unspecified atom stereocenters. The van der Waals surface area contributed by atoms with Crippen molar-refractivity contribution >= 4 is 6.09 Å². The minimum Gasteiger partial charge on any atom is -0.444 e. The van der Waals surface area contributed by atoms with Crippen LogP contribution in [0, 0.1) is 0 Å². The highest BCUT2D eigenvalue weighted by atomic mass is 16.6. The fourth-order valence-corrected chi connectivity index (χ4v) is 2.63. The van der Waals surface area contributed by atoms with Crippen LogP contribution >= 0.6 is 0 Å². The zero-order valence-corrected chi connectivity index (χ0v) is 12.6. The molecule has 1 aliphatic carbocycles. The van der Waals surface area contributed by atoms with Crippen LogP contribution in [0.1, 0.15) is 44.4 Å². The van der Waals surface area contributed by atoms with Gasteiger partial charge in [0.05, 0.1) is 12.1 Å². The molecule has 0 fully saturated rings. The third kappa shape index (κ3) is 3.12. The van der Waals surface area contributed by atoms with E-state index < -0.39 is 17.8 Å². The highest BCUT2D eigenvalue weighted by Gasteiger charge is 2.35. The van der Waals surface area contributed by atoms with Gasteiger partial charge in [0.1, 0.15) is 5.60 Å². The number of aryl methyl sites for hydroxylation is 1. The van der Waals surface area contributed by atoms with Gasteiger partial charge in [-0.15, -0.1) is 0 Å².